The van der Waals surface area contributed by atoms with Crippen LogP contribution >= 0.6 is 11.8 Å². The van der Waals surface area contributed by atoms with Gasteiger partial charge in [0.05, 0.1) is 5.54 Å². The van der Waals surface area contributed by atoms with Crippen LogP contribution in [-0.4, -0.2) is 49.0 Å². The van der Waals surface area contributed by atoms with Crippen molar-refractivity contribution in [3.63, 3.8) is 0 Å². The molecule has 0 fully saturated rings. The number of carbonyl (C=O) groups is 2. The summed E-state index contributed by atoms with van der Waals surface area (Å²) < 4.78 is 0. The number of amides is 2. The van der Waals surface area contributed by atoms with Gasteiger partial charge in [0.25, 0.3) is 0 Å². The molecule has 5 nitrogen and oxygen atoms in total. The van der Waals surface area contributed by atoms with E-state index in [2.05, 4.69) is 22.2 Å². The fourth-order valence-electron chi connectivity index (χ4n) is 1.48. The van der Waals surface area contributed by atoms with Gasteiger partial charge in [-0.05, 0) is 52.2 Å². The molecule has 0 rings (SSSR count). The largest absolute Gasteiger partial charge is 0.337 e. The molecule has 0 aromatic carbocycles. The van der Waals surface area contributed by atoms with Gasteiger partial charge < -0.3 is 16.0 Å². The van der Waals surface area contributed by atoms with Gasteiger partial charge in [0.1, 0.15) is 0 Å². The second-order valence-corrected chi connectivity index (χ2v) is 6.35. The molecule has 0 saturated heterocycles. The van der Waals surface area contributed by atoms with Crippen LogP contribution in [0.25, 0.3) is 0 Å². The highest BCUT2D eigenvalue weighted by Crippen LogP contribution is 2.02. The van der Waals surface area contributed by atoms with E-state index < -0.39 is 5.54 Å². The Hall–Kier alpha value is -0.750. The van der Waals surface area contributed by atoms with Crippen LogP contribution in [0.5, 0.6) is 0 Å². The Labute approximate surface area is 168 Å². The Balaban J connectivity index is -0.000000362. The lowest BCUT2D eigenvalue weighted by atomic mass is 10.0. The zero-order chi connectivity index (χ0) is 21.4. The fraction of sp³-hybridized carbons (Fsp3) is 0.900. The van der Waals surface area contributed by atoms with E-state index in [0.29, 0.717) is 6.54 Å². The Morgan fingerprint density at radius 2 is 1.38 bits per heavy atom. The molecule has 0 radical (unpaired) electrons. The van der Waals surface area contributed by atoms with Crippen LogP contribution in [0.3, 0.4) is 0 Å². The van der Waals surface area contributed by atoms with Crippen molar-refractivity contribution in [2.75, 3.05) is 31.6 Å². The molecule has 0 bridgehead atoms. The molecule has 0 unspecified atom stereocenters. The second-order valence-electron chi connectivity index (χ2n) is 5.37. The fourth-order valence-corrected chi connectivity index (χ4v) is 1.97. The minimum absolute atomic E-state index is 0.0592. The van der Waals surface area contributed by atoms with Crippen LogP contribution in [0, 0.1) is 0 Å². The standard InChI is InChI=1S/C14H29N3O2S.3C2H6/c1-12(18)14(2,3)17-13(19)16-10-9-15-8-6-5-7-11-20-4;3*1-2/h15H,5-11H2,1-4H3,(H2,16,17,19);3*1-2H3. The maximum atomic E-state index is 11.6. The van der Waals surface area contributed by atoms with Crippen molar-refractivity contribution >= 4 is 23.6 Å². The normalized spacial score (nSPS) is 9.31. The first-order chi connectivity index (χ1) is 12.4. The first-order valence-electron chi connectivity index (χ1n) is 10.2. The van der Waals surface area contributed by atoms with Crippen molar-refractivity contribution in [2.45, 2.75) is 87.1 Å². The maximum Gasteiger partial charge on any atom is 0.315 e. The molecule has 3 N–H and O–H groups in total. The van der Waals surface area contributed by atoms with Crippen molar-refractivity contribution in [1.82, 2.24) is 16.0 Å². The molecule has 6 heteroatoms. The molecule has 0 saturated carbocycles. The molecule has 26 heavy (non-hydrogen) atoms. The monoisotopic (exact) mass is 393 g/mol. The predicted octanol–water partition coefficient (Wildman–Crippen LogP) is 4.85. The molecule has 0 aromatic heterocycles. The van der Waals surface area contributed by atoms with Gasteiger partial charge >= 0.3 is 6.03 Å². The lowest BCUT2D eigenvalue weighted by Gasteiger charge is -2.23. The summed E-state index contributed by atoms with van der Waals surface area (Å²) in [5.74, 6) is 1.17. The van der Waals surface area contributed by atoms with Gasteiger partial charge in [-0.25, -0.2) is 4.79 Å². The van der Waals surface area contributed by atoms with Gasteiger partial charge in [0.2, 0.25) is 0 Å². The number of nitrogens with one attached hydrogen (secondary N) is 3. The molecule has 160 valence electrons. The smallest absolute Gasteiger partial charge is 0.315 e. The van der Waals surface area contributed by atoms with Crippen molar-refractivity contribution in [2.24, 2.45) is 0 Å². The quantitative estimate of drug-likeness (QED) is 0.439. The van der Waals surface area contributed by atoms with Gasteiger partial charge in [0, 0.05) is 13.1 Å². The molecule has 0 aromatic rings. The lowest BCUT2D eigenvalue weighted by Crippen LogP contribution is -2.53. The molecule has 0 aliphatic carbocycles. The Kier molecular flexibility index (Phi) is 33.5. The third kappa shape index (κ3) is 25.5. The first-order valence-corrected chi connectivity index (χ1v) is 11.6. The van der Waals surface area contributed by atoms with Crippen LogP contribution in [0.1, 0.15) is 81.6 Å². The lowest BCUT2D eigenvalue weighted by molar-refractivity contribution is -0.121. The number of ketones is 1. The zero-order valence-electron chi connectivity index (χ0n) is 19.2. The Morgan fingerprint density at radius 3 is 1.85 bits per heavy atom. The highest BCUT2D eigenvalue weighted by atomic mass is 32.2. The van der Waals surface area contributed by atoms with Crippen LogP contribution in [0.2, 0.25) is 0 Å². The average molecular weight is 394 g/mol. The third-order valence-corrected chi connectivity index (χ3v) is 3.79. The molecular weight excluding hydrogens is 346 g/mol. The van der Waals surface area contributed by atoms with E-state index in [4.69, 9.17) is 0 Å². The number of rotatable bonds is 11. The second kappa shape index (κ2) is 26.5. The minimum atomic E-state index is -0.811. The van der Waals surface area contributed by atoms with E-state index >= 15 is 0 Å². The van der Waals surface area contributed by atoms with Crippen LogP contribution in [0.4, 0.5) is 4.79 Å². The van der Waals surface area contributed by atoms with Gasteiger partial charge in [-0.3, -0.25) is 4.79 Å². The summed E-state index contributed by atoms with van der Waals surface area (Å²) in [6.45, 7) is 19.2. The molecule has 2 amide bonds. The number of hydrogen-bond acceptors (Lipinski definition) is 4. The third-order valence-electron chi connectivity index (χ3n) is 3.10. The Bertz CT molecular complexity index is 299. The molecule has 0 aliphatic heterocycles. The summed E-state index contributed by atoms with van der Waals surface area (Å²) in [5, 5.41) is 8.68. The summed E-state index contributed by atoms with van der Waals surface area (Å²) in [5.41, 5.74) is -0.811. The number of unbranched alkanes of at least 4 members (excludes halogenated alkanes) is 2. The van der Waals surface area contributed by atoms with E-state index in [0.717, 1.165) is 13.1 Å². The van der Waals surface area contributed by atoms with E-state index in [1.54, 1.807) is 13.8 Å². The summed E-state index contributed by atoms with van der Waals surface area (Å²) in [6.07, 6.45) is 5.81. The minimum Gasteiger partial charge on any atom is -0.337 e. The molecule has 0 heterocycles. The van der Waals surface area contributed by atoms with E-state index in [-0.39, 0.29) is 11.8 Å². The number of Topliss-reactive ketones (excluding diaryl/α,β-unsaturated/α-hetero) is 1. The van der Waals surface area contributed by atoms with Crippen molar-refractivity contribution in [3.8, 4) is 0 Å². The average Bonchev–Trinajstić information content (AvgIpc) is 2.65. The Morgan fingerprint density at radius 1 is 0.846 bits per heavy atom. The summed E-state index contributed by atoms with van der Waals surface area (Å²) in [6, 6.07) is -0.299. The predicted molar refractivity (Wildman–Crippen MR) is 120 cm³/mol. The highest BCUT2D eigenvalue weighted by molar-refractivity contribution is 7.98. The van der Waals surface area contributed by atoms with Crippen molar-refractivity contribution < 1.29 is 9.59 Å². The maximum absolute atomic E-state index is 11.6. The number of urea groups is 1. The molecule has 0 atom stereocenters. The van der Waals surface area contributed by atoms with E-state index in [1.807, 2.05) is 53.3 Å². The SMILES string of the molecule is CC.CC.CC.CSCCCCCNCCNC(=O)NC(C)(C)C(C)=O. The molecular formula is C20H47N3O2S. The summed E-state index contributed by atoms with van der Waals surface area (Å²) in [7, 11) is 0. The number of hydrogen-bond donors (Lipinski definition) is 3. The first kappa shape index (κ1) is 32.9. The van der Waals surface area contributed by atoms with Gasteiger partial charge in [0.15, 0.2) is 5.78 Å². The van der Waals surface area contributed by atoms with Crippen LogP contribution in [-0.2, 0) is 4.79 Å². The topological polar surface area (TPSA) is 70.2 Å². The van der Waals surface area contributed by atoms with Gasteiger partial charge in [-0.1, -0.05) is 48.0 Å². The summed E-state index contributed by atoms with van der Waals surface area (Å²) >= 11 is 1.88. The van der Waals surface area contributed by atoms with Gasteiger partial charge in [-0.15, -0.1) is 0 Å². The van der Waals surface area contributed by atoms with Crippen molar-refractivity contribution in [1.29, 1.82) is 0 Å². The van der Waals surface area contributed by atoms with Crippen molar-refractivity contribution in [3.05, 3.63) is 0 Å². The highest BCUT2D eigenvalue weighted by Gasteiger charge is 2.25. The molecule has 0 aliphatic rings. The van der Waals surface area contributed by atoms with Crippen LogP contribution < -0.4 is 16.0 Å². The van der Waals surface area contributed by atoms with E-state index in [9.17, 15) is 9.59 Å². The van der Waals surface area contributed by atoms with Crippen LogP contribution in [0.15, 0.2) is 0 Å². The zero-order valence-corrected chi connectivity index (χ0v) is 20.0. The summed E-state index contributed by atoms with van der Waals surface area (Å²) in [4.78, 5) is 22.8. The number of thioether (sulfide) groups is 1. The number of carbonyl (C=O) groups excluding carboxylic acids is 2. The van der Waals surface area contributed by atoms with E-state index in [1.165, 1.54) is 31.9 Å². The van der Waals surface area contributed by atoms with Gasteiger partial charge in [-0.2, -0.15) is 11.8 Å². The molecule has 0 spiro atoms.